The van der Waals surface area contributed by atoms with Gasteiger partial charge in [-0.05, 0) is 62.8 Å². The summed E-state index contributed by atoms with van der Waals surface area (Å²) in [4.78, 5) is 43.9. The van der Waals surface area contributed by atoms with Gasteiger partial charge >= 0.3 is 0 Å². The number of nitrogens with zero attached hydrogens (tertiary/aromatic N) is 3. The number of rotatable bonds is 4. The van der Waals surface area contributed by atoms with Crippen LogP contribution >= 0.6 is 0 Å². The Morgan fingerprint density at radius 1 is 1.05 bits per heavy atom. The lowest BCUT2D eigenvalue weighted by Crippen LogP contribution is -2.62. The van der Waals surface area contributed by atoms with E-state index in [4.69, 9.17) is 9.47 Å². The second-order valence-electron chi connectivity index (χ2n) is 10.1. The highest BCUT2D eigenvalue weighted by atomic mass is 16.5. The average molecular weight is 510 g/mol. The van der Waals surface area contributed by atoms with Crippen molar-refractivity contribution in [2.75, 3.05) is 39.4 Å². The molecule has 2 amide bonds. The van der Waals surface area contributed by atoms with Crippen molar-refractivity contribution in [3.8, 4) is 5.75 Å². The fourth-order valence-corrected chi connectivity index (χ4v) is 5.20. The zero-order chi connectivity index (χ0) is 26.4. The number of ether oxygens (including phenoxy) is 2. The molecular weight excluding hydrogens is 470 g/mol. The molecule has 0 saturated carbocycles. The maximum Gasteiger partial charge on any atom is 0.263 e. The number of hydrogen-bond acceptors (Lipinski definition) is 5. The third kappa shape index (κ3) is 5.90. The van der Waals surface area contributed by atoms with Crippen molar-refractivity contribution >= 4 is 11.8 Å². The van der Waals surface area contributed by atoms with Crippen LogP contribution in [-0.4, -0.2) is 71.2 Å². The fraction of sp³-hybridized carbons (Fsp3) is 0.552. The summed E-state index contributed by atoms with van der Waals surface area (Å²) >= 11 is 0. The van der Waals surface area contributed by atoms with Crippen molar-refractivity contribution in [1.82, 2.24) is 14.4 Å². The second-order valence-corrected chi connectivity index (χ2v) is 10.1. The van der Waals surface area contributed by atoms with Gasteiger partial charge in [0.25, 0.3) is 17.4 Å². The standard InChI is InChI=1S/C29H39N3O5/c1-4-5-16-31-17-19-36-25-12-7-6-10-23(25)11-8-9-15-29(28(31)35)21-32(18-20-37-29)27(34)24-14-13-22(2)30(3)26(24)33/h6-7,10,12-14H,4-5,8-9,11,15-21H2,1-3H3. The maximum atomic E-state index is 14.1. The van der Waals surface area contributed by atoms with Crippen molar-refractivity contribution in [1.29, 1.82) is 0 Å². The highest BCUT2D eigenvalue weighted by Crippen LogP contribution is 2.30. The molecule has 4 rings (SSSR count). The minimum atomic E-state index is -1.13. The fourth-order valence-electron chi connectivity index (χ4n) is 5.20. The van der Waals surface area contributed by atoms with Gasteiger partial charge in [0.2, 0.25) is 0 Å². The first-order chi connectivity index (χ1) is 17.9. The first kappa shape index (κ1) is 26.9. The van der Waals surface area contributed by atoms with Crippen LogP contribution in [0.3, 0.4) is 0 Å². The van der Waals surface area contributed by atoms with E-state index < -0.39 is 5.60 Å². The van der Waals surface area contributed by atoms with Gasteiger partial charge in [0.1, 0.15) is 17.9 Å². The molecule has 0 aliphatic carbocycles. The number of hydrogen-bond donors (Lipinski definition) is 0. The maximum absolute atomic E-state index is 14.1. The molecule has 8 nitrogen and oxygen atoms in total. The third-order valence-corrected chi connectivity index (χ3v) is 7.59. The molecule has 1 fully saturated rings. The van der Waals surface area contributed by atoms with Gasteiger partial charge in [-0.2, -0.15) is 0 Å². The number of unbranched alkanes of at least 4 members (excludes halogenated alkanes) is 1. The van der Waals surface area contributed by atoms with E-state index in [1.165, 1.54) is 10.1 Å². The van der Waals surface area contributed by atoms with Gasteiger partial charge in [-0.1, -0.05) is 31.5 Å². The molecule has 1 aromatic heterocycles. The van der Waals surface area contributed by atoms with Gasteiger partial charge in [0.15, 0.2) is 5.60 Å². The monoisotopic (exact) mass is 509 g/mol. The van der Waals surface area contributed by atoms with Gasteiger partial charge in [0.05, 0.1) is 19.7 Å². The van der Waals surface area contributed by atoms with Crippen molar-refractivity contribution in [2.24, 2.45) is 7.05 Å². The third-order valence-electron chi connectivity index (χ3n) is 7.59. The van der Waals surface area contributed by atoms with E-state index in [9.17, 15) is 14.4 Å². The van der Waals surface area contributed by atoms with Crippen molar-refractivity contribution in [3.05, 3.63) is 63.6 Å². The molecule has 1 unspecified atom stereocenters. The zero-order valence-electron chi connectivity index (χ0n) is 22.3. The number of aromatic nitrogens is 1. The average Bonchev–Trinajstić information content (AvgIpc) is 2.91. The Morgan fingerprint density at radius 3 is 2.68 bits per heavy atom. The van der Waals surface area contributed by atoms with Crippen LogP contribution in [0.15, 0.2) is 41.2 Å². The lowest BCUT2D eigenvalue weighted by atomic mass is 9.90. The topological polar surface area (TPSA) is 81.1 Å². The predicted octanol–water partition coefficient (Wildman–Crippen LogP) is 3.34. The number of aryl methyl sites for hydroxylation is 2. The smallest absolute Gasteiger partial charge is 0.263 e. The number of amides is 2. The van der Waals surface area contributed by atoms with Crippen LogP contribution in [0.5, 0.6) is 5.75 Å². The predicted molar refractivity (Wildman–Crippen MR) is 142 cm³/mol. The quantitative estimate of drug-likeness (QED) is 0.632. The molecule has 8 heteroatoms. The van der Waals surface area contributed by atoms with Crippen LogP contribution in [0.4, 0.5) is 0 Å². The Labute approximate surface area is 219 Å². The van der Waals surface area contributed by atoms with Crippen LogP contribution in [-0.2, 0) is 23.0 Å². The molecule has 0 bridgehead atoms. The van der Waals surface area contributed by atoms with Crippen molar-refractivity contribution < 1.29 is 19.1 Å². The Kier molecular flexibility index (Phi) is 8.69. The summed E-state index contributed by atoms with van der Waals surface area (Å²) in [6, 6.07) is 11.4. The molecule has 0 N–H and O–H groups in total. The van der Waals surface area contributed by atoms with Crippen LogP contribution < -0.4 is 10.3 Å². The van der Waals surface area contributed by atoms with E-state index >= 15 is 0 Å². The van der Waals surface area contributed by atoms with Crippen LogP contribution in [0.2, 0.25) is 0 Å². The van der Waals surface area contributed by atoms with E-state index in [0.717, 1.165) is 43.5 Å². The molecule has 1 atom stereocenters. The minimum absolute atomic E-state index is 0.0901. The second kappa shape index (κ2) is 11.9. The summed E-state index contributed by atoms with van der Waals surface area (Å²) in [6.07, 6.45) is 4.86. The number of benzene rings is 1. The normalized spacial score (nSPS) is 21.1. The molecular formula is C29H39N3O5. The highest BCUT2D eigenvalue weighted by Gasteiger charge is 2.47. The van der Waals surface area contributed by atoms with Crippen LogP contribution in [0.1, 0.15) is 60.6 Å². The molecule has 3 heterocycles. The van der Waals surface area contributed by atoms with E-state index in [-0.39, 0.29) is 36.1 Å². The molecule has 1 aromatic carbocycles. The van der Waals surface area contributed by atoms with E-state index in [1.54, 1.807) is 24.1 Å². The molecule has 1 spiro atoms. The van der Waals surface area contributed by atoms with Gasteiger partial charge < -0.3 is 23.8 Å². The van der Waals surface area contributed by atoms with Gasteiger partial charge in [-0.25, -0.2) is 0 Å². The largest absolute Gasteiger partial charge is 0.491 e. The molecule has 1 saturated heterocycles. The summed E-state index contributed by atoms with van der Waals surface area (Å²) in [5.74, 6) is 0.443. The Bertz CT molecular complexity index is 1180. The SMILES string of the molecule is CCCCN1CCOc2ccccc2CCCCC2(CN(C(=O)c3ccc(C)n(C)c3=O)CCO2)C1=O. The van der Waals surface area contributed by atoms with Crippen molar-refractivity contribution in [2.45, 2.75) is 58.0 Å². The molecule has 2 aromatic rings. The first-order valence-electron chi connectivity index (χ1n) is 13.5. The van der Waals surface area contributed by atoms with Gasteiger partial charge in [-0.3, -0.25) is 14.4 Å². The number of carbonyl (C=O) groups excluding carboxylic acids is 2. The Morgan fingerprint density at radius 2 is 1.86 bits per heavy atom. The van der Waals surface area contributed by atoms with Gasteiger partial charge in [-0.15, -0.1) is 0 Å². The zero-order valence-corrected chi connectivity index (χ0v) is 22.3. The lowest BCUT2D eigenvalue weighted by molar-refractivity contribution is -0.170. The Hall–Kier alpha value is -3.13. The lowest BCUT2D eigenvalue weighted by Gasteiger charge is -2.44. The number of carbonyl (C=O) groups is 2. The van der Waals surface area contributed by atoms with Crippen LogP contribution in [0.25, 0.3) is 0 Å². The number of pyridine rings is 1. The van der Waals surface area contributed by atoms with Crippen molar-refractivity contribution in [3.63, 3.8) is 0 Å². The van der Waals surface area contributed by atoms with E-state index in [1.807, 2.05) is 30.0 Å². The highest BCUT2D eigenvalue weighted by molar-refractivity contribution is 5.95. The van der Waals surface area contributed by atoms with Crippen LogP contribution in [0, 0.1) is 6.92 Å². The summed E-state index contributed by atoms with van der Waals surface area (Å²) in [5, 5.41) is 0. The summed E-state index contributed by atoms with van der Waals surface area (Å²) in [5.41, 5.74) is 0.621. The molecule has 37 heavy (non-hydrogen) atoms. The summed E-state index contributed by atoms with van der Waals surface area (Å²) < 4.78 is 13.9. The molecule has 2 aliphatic heterocycles. The van der Waals surface area contributed by atoms with E-state index in [0.29, 0.717) is 32.7 Å². The number of para-hydroxylation sites is 1. The molecule has 200 valence electrons. The minimum Gasteiger partial charge on any atom is -0.491 e. The Balaban J connectivity index is 1.61. The summed E-state index contributed by atoms with van der Waals surface area (Å²) in [7, 11) is 1.66. The summed E-state index contributed by atoms with van der Waals surface area (Å²) in [6.45, 7) is 6.12. The number of fused-ring (bicyclic) bond motifs is 1. The molecule has 0 radical (unpaired) electrons. The number of morpholine rings is 1. The van der Waals surface area contributed by atoms with Gasteiger partial charge in [0, 0.05) is 25.8 Å². The first-order valence-corrected chi connectivity index (χ1v) is 13.5. The van der Waals surface area contributed by atoms with E-state index in [2.05, 4.69) is 13.0 Å². The molecule has 2 aliphatic rings.